The minimum Gasteiger partial charge on any atom is -0.493 e. The van der Waals surface area contributed by atoms with Gasteiger partial charge in [0.05, 0.1) is 20.3 Å². The molecule has 0 atom stereocenters. The molecule has 1 aromatic carbocycles. The molecule has 0 spiro atoms. The molecule has 0 amide bonds. The lowest BCUT2D eigenvalue weighted by atomic mass is 10.2. The largest absolute Gasteiger partial charge is 0.493 e. The molecule has 2 rings (SSSR count). The number of hydrogen-bond acceptors (Lipinski definition) is 5. The number of guanidine groups is 1. The molecule has 0 saturated carbocycles. The van der Waals surface area contributed by atoms with Gasteiger partial charge in [0, 0.05) is 19.3 Å². The fourth-order valence-corrected chi connectivity index (χ4v) is 2.59. The maximum atomic E-state index is 8.89. The highest BCUT2D eigenvalue weighted by Crippen LogP contribution is 2.28. The molecule has 0 saturated heterocycles. The summed E-state index contributed by atoms with van der Waals surface area (Å²) in [5, 5.41) is 15.9. The Bertz CT molecular complexity index is 754. The number of nitrogens with zero attached hydrogens (tertiary/aromatic N) is 2. The van der Waals surface area contributed by atoms with E-state index >= 15 is 0 Å². The number of aromatic nitrogens is 1. The van der Waals surface area contributed by atoms with E-state index in [4.69, 9.17) is 26.2 Å². The fourth-order valence-electron chi connectivity index (χ4n) is 2.48. The second-order valence-electron chi connectivity index (χ2n) is 5.92. The van der Waals surface area contributed by atoms with Crippen molar-refractivity contribution in [2.75, 3.05) is 33.4 Å². The number of methoxy groups -OCH3 is 1. The van der Waals surface area contributed by atoms with Crippen molar-refractivity contribution in [3.8, 4) is 11.5 Å². The molecule has 0 bridgehead atoms. The Morgan fingerprint density at radius 2 is 2.00 bits per heavy atom. The first kappa shape index (κ1) is 21.8. The number of nitrogens with one attached hydrogen (secondary N) is 2. The maximum Gasteiger partial charge on any atom is 0.191 e. The predicted octanol–water partition coefficient (Wildman–Crippen LogP) is 2.41. The quantitative estimate of drug-likeness (QED) is 0.319. The van der Waals surface area contributed by atoms with Crippen molar-refractivity contribution in [2.24, 2.45) is 4.99 Å². The fraction of sp³-hybridized carbons (Fsp3) is 0.400. The average molecular weight is 407 g/mol. The van der Waals surface area contributed by atoms with Crippen molar-refractivity contribution < 1.29 is 14.6 Å². The zero-order chi connectivity index (χ0) is 20.2. The monoisotopic (exact) mass is 406 g/mol. The predicted molar refractivity (Wildman–Crippen MR) is 111 cm³/mol. The number of hydrogen-bond donors (Lipinski definition) is 3. The summed E-state index contributed by atoms with van der Waals surface area (Å²) < 4.78 is 10.8. The van der Waals surface area contributed by atoms with Crippen LogP contribution < -0.4 is 20.1 Å². The van der Waals surface area contributed by atoms with Gasteiger partial charge >= 0.3 is 0 Å². The summed E-state index contributed by atoms with van der Waals surface area (Å²) in [5.74, 6) is 1.96. The molecule has 7 nitrogen and oxygen atoms in total. The Hall–Kier alpha value is -2.51. The number of rotatable bonds is 10. The van der Waals surface area contributed by atoms with Crippen molar-refractivity contribution in [2.45, 2.75) is 19.9 Å². The first-order valence-corrected chi connectivity index (χ1v) is 9.57. The number of pyridine rings is 1. The number of ether oxygens (including phenoxy) is 2. The summed E-state index contributed by atoms with van der Waals surface area (Å²) in [6.45, 7) is 4.20. The first-order chi connectivity index (χ1) is 13.7. The molecule has 3 N–H and O–H groups in total. The Kier molecular flexibility index (Phi) is 9.37. The van der Waals surface area contributed by atoms with E-state index in [1.54, 1.807) is 19.4 Å². The van der Waals surface area contributed by atoms with Crippen LogP contribution in [0.2, 0.25) is 5.15 Å². The highest BCUT2D eigenvalue weighted by Gasteiger charge is 2.06. The zero-order valence-electron chi connectivity index (χ0n) is 16.2. The lowest BCUT2D eigenvalue weighted by Crippen LogP contribution is -2.38. The van der Waals surface area contributed by atoms with E-state index < -0.39 is 0 Å². The molecular formula is C20H27ClN4O3. The molecule has 152 valence electrons. The van der Waals surface area contributed by atoms with E-state index in [-0.39, 0.29) is 13.2 Å². The standard InChI is InChI=1S/C20H27ClN4O3/c1-3-22-20(23-9-8-15-5-7-19(21)24-13-15)25-14-16-4-6-17(28-11-10-26)18(12-16)27-2/h4-7,12-13,26H,3,8-11,14H2,1-2H3,(H2,22,23,25). The summed E-state index contributed by atoms with van der Waals surface area (Å²) in [6, 6.07) is 9.40. The number of benzene rings is 1. The lowest BCUT2D eigenvalue weighted by molar-refractivity contribution is 0.196. The molecule has 0 aliphatic carbocycles. The van der Waals surface area contributed by atoms with E-state index in [1.165, 1.54) is 0 Å². The molecule has 8 heteroatoms. The van der Waals surface area contributed by atoms with Crippen LogP contribution in [0.5, 0.6) is 11.5 Å². The van der Waals surface area contributed by atoms with Crippen LogP contribution in [-0.4, -0.2) is 49.5 Å². The van der Waals surface area contributed by atoms with Gasteiger partial charge in [0.25, 0.3) is 0 Å². The summed E-state index contributed by atoms with van der Waals surface area (Å²) >= 11 is 5.81. The van der Waals surface area contributed by atoms with Crippen LogP contribution in [0, 0.1) is 0 Å². The van der Waals surface area contributed by atoms with Crippen molar-refractivity contribution >= 4 is 17.6 Å². The van der Waals surface area contributed by atoms with Gasteiger partial charge in [-0.15, -0.1) is 0 Å². The molecule has 0 radical (unpaired) electrons. The molecule has 0 aliphatic heterocycles. The number of aliphatic hydroxyl groups is 1. The van der Waals surface area contributed by atoms with Crippen molar-refractivity contribution in [1.29, 1.82) is 0 Å². The molecule has 28 heavy (non-hydrogen) atoms. The minimum absolute atomic E-state index is 0.0427. The third kappa shape index (κ3) is 7.25. The summed E-state index contributed by atoms with van der Waals surface area (Å²) in [6.07, 6.45) is 2.60. The van der Waals surface area contributed by atoms with E-state index in [0.717, 1.165) is 36.6 Å². The second kappa shape index (κ2) is 12.0. The van der Waals surface area contributed by atoms with Crippen LogP contribution in [0.4, 0.5) is 0 Å². The normalized spacial score (nSPS) is 11.2. The van der Waals surface area contributed by atoms with Gasteiger partial charge in [-0.2, -0.15) is 0 Å². The van der Waals surface area contributed by atoms with Gasteiger partial charge in [-0.1, -0.05) is 23.7 Å². The molecule has 2 aromatic rings. The summed E-state index contributed by atoms with van der Waals surface area (Å²) in [7, 11) is 1.59. The maximum absolute atomic E-state index is 8.89. The van der Waals surface area contributed by atoms with Gasteiger partial charge in [0.2, 0.25) is 0 Å². The topological polar surface area (TPSA) is 88.0 Å². The van der Waals surface area contributed by atoms with Gasteiger partial charge in [-0.25, -0.2) is 9.98 Å². The van der Waals surface area contributed by atoms with E-state index in [9.17, 15) is 0 Å². The number of halogens is 1. The molecule has 0 fully saturated rings. The number of aliphatic hydroxyl groups excluding tert-OH is 1. The van der Waals surface area contributed by atoms with Gasteiger partial charge in [-0.3, -0.25) is 0 Å². The van der Waals surface area contributed by atoms with Crippen LogP contribution in [0.1, 0.15) is 18.1 Å². The Morgan fingerprint density at radius 1 is 1.18 bits per heavy atom. The molecule has 0 unspecified atom stereocenters. The van der Waals surface area contributed by atoms with Crippen LogP contribution in [0.25, 0.3) is 0 Å². The van der Waals surface area contributed by atoms with Crippen LogP contribution in [0.3, 0.4) is 0 Å². The molecule has 0 aliphatic rings. The van der Waals surface area contributed by atoms with Gasteiger partial charge < -0.3 is 25.2 Å². The first-order valence-electron chi connectivity index (χ1n) is 9.19. The van der Waals surface area contributed by atoms with Crippen LogP contribution >= 0.6 is 11.6 Å². The third-order valence-electron chi connectivity index (χ3n) is 3.84. The third-order valence-corrected chi connectivity index (χ3v) is 4.06. The van der Waals surface area contributed by atoms with Gasteiger partial charge in [0.1, 0.15) is 11.8 Å². The second-order valence-corrected chi connectivity index (χ2v) is 6.31. The van der Waals surface area contributed by atoms with Gasteiger partial charge in [0.15, 0.2) is 17.5 Å². The van der Waals surface area contributed by atoms with E-state index in [1.807, 2.05) is 31.2 Å². The molecule has 1 heterocycles. The molecular weight excluding hydrogens is 380 g/mol. The van der Waals surface area contributed by atoms with Crippen molar-refractivity contribution in [3.05, 3.63) is 52.8 Å². The van der Waals surface area contributed by atoms with Crippen LogP contribution in [-0.2, 0) is 13.0 Å². The Morgan fingerprint density at radius 3 is 2.68 bits per heavy atom. The Labute approximate surface area is 170 Å². The number of aliphatic imine (C=N–C) groups is 1. The van der Waals surface area contributed by atoms with Crippen molar-refractivity contribution in [1.82, 2.24) is 15.6 Å². The van der Waals surface area contributed by atoms with E-state index in [2.05, 4.69) is 20.6 Å². The lowest BCUT2D eigenvalue weighted by Gasteiger charge is -2.13. The average Bonchev–Trinajstić information content (AvgIpc) is 2.72. The smallest absolute Gasteiger partial charge is 0.191 e. The SMILES string of the molecule is CCNC(=NCc1ccc(OCCO)c(OC)c1)NCCc1ccc(Cl)nc1. The van der Waals surface area contributed by atoms with Crippen LogP contribution in [0.15, 0.2) is 41.5 Å². The summed E-state index contributed by atoms with van der Waals surface area (Å²) in [5.41, 5.74) is 2.10. The highest BCUT2D eigenvalue weighted by atomic mass is 35.5. The minimum atomic E-state index is -0.0427. The van der Waals surface area contributed by atoms with Crippen molar-refractivity contribution in [3.63, 3.8) is 0 Å². The molecule has 1 aromatic heterocycles. The summed E-state index contributed by atoms with van der Waals surface area (Å²) in [4.78, 5) is 8.70. The zero-order valence-corrected chi connectivity index (χ0v) is 17.0. The Balaban J connectivity index is 1.94. The highest BCUT2D eigenvalue weighted by molar-refractivity contribution is 6.29. The van der Waals surface area contributed by atoms with E-state index in [0.29, 0.717) is 23.2 Å². The van der Waals surface area contributed by atoms with Gasteiger partial charge in [-0.05, 0) is 42.7 Å².